The van der Waals surface area contributed by atoms with Gasteiger partial charge in [-0.15, -0.1) is 0 Å². The predicted octanol–water partition coefficient (Wildman–Crippen LogP) is 6.74. The second-order valence-corrected chi connectivity index (χ2v) is 7.07. The van der Waals surface area contributed by atoms with Crippen LogP contribution in [-0.2, 0) is 0 Å². The van der Waals surface area contributed by atoms with E-state index in [0.29, 0.717) is 0 Å². The standard InChI is InChI=1S/C25H17N/c1-15-12-17(14-26)13-16(2)23(15)21-10-9-20-7-6-18-4-3-5-19-8-11-22(21)25(20)24(18)19/h3-13H,1-2H3. The largest absolute Gasteiger partial charge is 0.192 e. The van der Waals surface area contributed by atoms with Gasteiger partial charge in [0.05, 0.1) is 11.6 Å². The Morgan fingerprint density at radius 1 is 0.692 bits per heavy atom. The monoisotopic (exact) mass is 331 g/mol. The normalized spacial score (nSPS) is 11.4. The quantitative estimate of drug-likeness (QED) is 0.312. The maximum Gasteiger partial charge on any atom is 0.0991 e. The maximum atomic E-state index is 9.25. The molecule has 0 aliphatic carbocycles. The van der Waals surface area contributed by atoms with Gasteiger partial charge in [0.1, 0.15) is 0 Å². The van der Waals surface area contributed by atoms with Crippen LogP contribution in [0.25, 0.3) is 43.4 Å². The maximum absolute atomic E-state index is 9.25. The lowest BCUT2D eigenvalue weighted by Crippen LogP contribution is -1.93. The molecular weight excluding hydrogens is 314 g/mol. The molecule has 26 heavy (non-hydrogen) atoms. The Morgan fingerprint density at radius 3 is 1.92 bits per heavy atom. The molecule has 1 nitrogen and oxygen atoms in total. The molecule has 0 aromatic heterocycles. The number of rotatable bonds is 1. The lowest BCUT2D eigenvalue weighted by molar-refractivity contribution is 1.36. The number of hydrogen-bond donors (Lipinski definition) is 0. The molecule has 0 unspecified atom stereocenters. The Morgan fingerprint density at radius 2 is 1.27 bits per heavy atom. The highest BCUT2D eigenvalue weighted by molar-refractivity contribution is 6.25. The second kappa shape index (κ2) is 5.31. The van der Waals surface area contributed by atoms with Gasteiger partial charge in [0, 0.05) is 0 Å². The van der Waals surface area contributed by atoms with Crippen LogP contribution in [0.1, 0.15) is 16.7 Å². The van der Waals surface area contributed by atoms with Gasteiger partial charge in [-0.05, 0) is 80.6 Å². The molecule has 122 valence electrons. The summed E-state index contributed by atoms with van der Waals surface area (Å²) in [6.07, 6.45) is 0. The van der Waals surface area contributed by atoms with E-state index in [1.54, 1.807) is 0 Å². The van der Waals surface area contributed by atoms with Crippen LogP contribution >= 0.6 is 0 Å². The first-order valence-corrected chi connectivity index (χ1v) is 8.85. The van der Waals surface area contributed by atoms with Gasteiger partial charge in [-0.2, -0.15) is 5.26 Å². The predicted molar refractivity (Wildman–Crippen MR) is 110 cm³/mol. The molecule has 0 radical (unpaired) electrons. The van der Waals surface area contributed by atoms with Crippen molar-refractivity contribution in [2.24, 2.45) is 0 Å². The zero-order chi connectivity index (χ0) is 17.8. The van der Waals surface area contributed by atoms with Crippen molar-refractivity contribution in [3.8, 4) is 17.2 Å². The van der Waals surface area contributed by atoms with Crippen molar-refractivity contribution in [3.05, 3.63) is 83.4 Å². The summed E-state index contributed by atoms with van der Waals surface area (Å²) in [5.41, 5.74) is 5.51. The topological polar surface area (TPSA) is 23.8 Å². The van der Waals surface area contributed by atoms with E-state index in [-0.39, 0.29) is 0 Å². The highest BCUT2D eigenvalue weighted by Gasteiger charge is 2.14. The third-order valence-electron chi connectivity index (χ3n) is 5.46. The molecule has 0 saturated carbocycles. The van der Waals surface area contributed by atoms with Gasteiger partial charge < -0.3 is 0 Å². The van der Waals surface area contributed by atoms with Crippen LogP contribution in [0.2, 0.25) is 0 Å². The highest BCUT2D eigenvalue weighted by Crippen LogP contribution is 2.40. The van der Waals surface area contributed by atoms with Crippen molar-refractivity contribution < 1.29 is 0 Å². The lowest BCUT2D eigenvalue weighted by atomic mass is 9.87. The minimum absolute atomic E-state index is 0.724. The molecule has 0 fully saturated rings. The van der Waals surface area contributed by atoms with E-state index < -0.39 is 0 Å². The van der Waals surface area contributed by atoms with Crippen LogP contribution in [-0.4, -0.2) is 0 Å². The summed E-state index contributed by atoms with van der Waals surface area (Å²) in [7, 11) is 0. The molecule has 0 N–H and O–H groups in total. The summed E-state index contributed by atoms with van der Waals surface area (Å²) in [4.78, 5) is 0. The average molecular weight is 331 g/mol. The summed E-state index contributed by atoms with van der Waals surface area (Å²) in [6, 6.07) is 26.1. The van der Waals surface area contributed by atoms with Gasteiger partial charge >= 0.3 is 0 Å². The van der Waals surface area contributed by atoms with Crippen LogP contribution in [0.3, 0.4) is 0 Å². The average Bonchev–Trinajstić information content (AvgIpc) is 2.66. The first-order valence-electron chi connectivity index (χ1n) is 8.85. The molecule has 0 amide bonds. The summed E-state index contributed by atoms with van der Waals surface area (Å²) >= 11 is 0. The lowest BCUT2D eigenvalue weighted by Gasteiger charge is -2.17. The molecule has 5 aromatic rings. The molecule has 0 saturated heterocycles. The number of hydrogen-bond acceptors (Lipinski definition) is 1. The fourth-order valence-corrected chi connectivity index (χ4v) is 4.41. The molecule has 0 bridgehead atoms. The van der Waals surface area contributed by atoms with Gasteiger partial charge in [-0.3, -0.25) is 0 Å². The molecule has 0 spiro atoms. The number of nitriles is 1. The van der Waals surface area contributed by atoms with Crippen molar-refractivity contribution in [3.63, 3.8) is 0 Å². The molecule has 1 heteroatoms. The Hall–Kier alpha value is -3.37. The summed E-state index contributed by atoms with van der Waals surface area (Å²) < 4.78 is 0. The number of nitrogens with zero attached hydrogens (tertiary/aromatic N) is 1. The number of aryl methyl sites for hydroxylation is 2. The fourth-order valence-electron chi connectivity index (χ4n) is 4.41. The minimum Gasteiger partial charge on any atom is -0.192 e. The van der Waals surface area contributed by atoms with Crippen LogP contribution in [0, 0.1) is 25.2 Å². The zero-order valence-electron chi connectivity index (χ0n) is 14.8. The number of benzene rings is 5. The van der Waals surface area contributed by atoms with Crippen molar-refractivity contribution in [1.82, 2.24) is 0 Å². The van der Waals surface area contributed by atoms with E-state index in [1.807, 2.05) is 12.1 Å². The Bertz CT molecular complexity index is 1310. The fraction of sp³-hybridized carbons (Fsp3) is 0.0800. The minimum atomic E-state index is 0.724. The van der Waals surface area contributed by atoms with Gasteiger partial charge in [0.2, 0.25) is 0 Å². The molecular formula is C25H17N. The molecule has 0 aliphatic rings. The Balaban J connectivity index is 1.95. The van der Waals surface area contributed by atoms with Gasteiger partial charge in [-0.1, -0.05) is 54.6 Å². The Kier molecular flexibility index (Phi) is 3.05. The van der Waals surface area contributed by atoms with Crippen molar-refractivity contribution in [2.45, 2.75) is 13.8 Å². The van der Waals surface area contributed by atoms with Crippen LogP contribution in [0.15, 0.2) is 66.7 Å². The van der Waals surface area contributed by atoms with E-state index in [0.717, 1.165) is 16.7 Å². The Labute approximate surface area is 152 Å². The molecule has 0 heterocycles. The first-order chi connectivity index (χ1) is 12.7. The molecule has 0 atom stereocenters. The van der Waals surface area contributed by atoms with Gasteiger partial charge in [-0.25, -0.2) is 0 Å². The first kappa shape index (κ1) is 14.9. The van der Waals surface area contributed by atoms with E-state index >= 15 is 0 Å². The second-order valence-electron chi connectivity index (χ2n) is 7.07. The van der Waals surface area contributed by atoms with Crippen molar-refractivity contribution >= 4 is 32.3 Å². The highest BCUT2D eigenvalue weighted by atomic mass is 14.2. The van der Waals surface area contributed by atoms with Crippen LogP contribution in [0.5, 0.6) is 0 Å². The molecule has 5 rings (SSSR count). The molecule has 5 aromatic carbocycles. The van der Waals surface area contributed by atoms with E-state index in [4.69, 9.17) is 0 Å². The van der Waals surface area contributed by atoms with E-state index in [9.17, 15) is 5.26 Å². The third kappa shape index (κ3) is 1.96. The van der Waals surface area contributed by atoms with Crippen LogP contribution in [0.4, 0.5) is 0 Å². The summed E-state index contributed by atoms with van der Waals surface area (Å²) in [5, 5.41) is 17.1. The van der Waals surface area contributed by atoms with Crippen LogP contribution < -0.4 is 0 Å². The summed E-state index contributed by atoms with van der Waals surface area (Å²) in [6.45, 7) is 4.20. The van der Waals surface area contributed by atoms with Gasteiger partial charge in [0.25, 0.3) is 0 Å². The van der Waals surface area contributed by atoms with E-state index in [1.165, 1.54) is 43.4 Å². The SMILES string of the molecule is Cc1cc(C#N)cc(C)c1-c1ccc2ccc3cccc4ccc1c2c34. The summed E-state index contributed by atoms with van der Waals surface area (Å²) in [5.74, 6) is 0. The third-order valence-corrected chi connectivity index (χ3v) is 5.46. The molecule has 0 aliphatic heterocycles. The van der Waals surface area contributed by atoms with E-state index in [2.05, 4.69) is 74.5 Å². The zero-order valence-corrected chi connectivity index (χ0v) is 14.8. The smallest absolute Gasteiger partial charge is 0.0991 e. The van der Waals surface area contributed by atoms with Crippen molar-refractivity contribution in [1.29, 1.82) is 5.26 Å². The van der Waals surface area contributed by atoms with Crippen molar-refractivity contribution in [2.75, 3.05) is 0 Å². The van der Waals surface area contributed by atoms with Gasteiger partial charge in [0.15, 0.2) is 0 Å².